The highest BCUT2D eigenvalue weighted by atomic mass is 32.2. The Balaban J connectivity index is 1.81. The lowest BCUT2D eigenvalue weighted by Gasteiger charge is -2.24. The van der Waals surface area contributed by atoms with E-state index < -0.39 is 33.6 Å². The fraction of sp³-hybridized carbons (Fsp3) is 0.267. The van der Waals surface area contributed by atoms with Gasteiger partial charge in [-0.1, -0.05) is 50.0 Å². The lowest BCUT2D eigenvalue weighted by atomic mass is 10.1. The van der Waals surface area contributed by atoms with Crippen LogP contribution < -0.4 is 9.62 Å². The van der Waals surface area contributed by atoms with Crippen LogP contribution in [-0.4, -0.2) is 25.6 Å². The minimum Gasteiger partial charge on any atom is -0.348 e. The zero-order valence-electron chi connectivity index (χ0n) is 22.5. The first kappa shape index (κ1) is 31.4. The summed E-state index contributed by atoms with van der Waals surface area (Å²) in [4.78, 5) is 16.3. The molecule has 0 atom stereocenters. The molecule has 0 aliphatic heterocycles. The van der Waals surface area contributed by atoms with Gasteiger partial charge in [-0.25, -0.2) is 22.1 Å². The summed E-state index contributed by atoms with van der Waals surface area (Å²) in [5, 5.41) is 2.57. The van der Waals surface area contributed by atoms with Crippen molar-refractivity contribution in [2.45, 2.75) is 45.3 Å². The first-order chi connectivity index (χ1) is 19.3. The lowest BCUT2D eigenvalue weighted by Crippen LogP contribution is -2.27. The van der Waals surface area contributed by atoms with Gasteiger partial charge in [-0.15, -0.1) is 6.42 Å². The van der Waals surface area contributed by atoms with E-state index in [1.165, 1.54) is 30.3 Å². The summed E-state index contributed by atoms with van der Waals surface area (Å²) >= 11 is 0. The Morgan fingerprint density at radius 3 is 2.44 bits per heavy atom. The van der Waals surface area contributed by atoms with Gasteiger partial charge >= 0.3 is 6.18 Å². The van der Waals surface area contributed by atoms with Crippen molar-refractivity contribution < 1.29 is 30.8 Å². The molecule has 0 radical (unpaired) electrons. The van der Waals surface area contributed by atoms with Crippen LogP contribution >= 0.6 is 0 Å². The number of alkyl halides is 3. The van der Waals surface area contributed by atoms with Crippen molar-refractivity contribution in [3.8, 4) is 12.3 Å². The van der Waals surface area contributed by atoms with Crippen LogP contribution in [0.25, 0.3) is 6.08 Å². The maximum Gasteiger partial charge on any atom is 0.433 e. The summed E-state index contributed by atoms with van der Waals surface area (Å²) in [5.74, 6) is 0.830. The second-order valence-electron chi connectivity index (χ2n) is 9.22. The van der Waals surface area contributed by atoms with Crippen LogP contribution in [0.4, 0.5) is 28.9 Å². The molecule has 1 heterocycles. The number of carbonyl (C=O) groups excluding carboxylic acids is 1. The highest BCUT2D eigenvalue weighted by Crippen LogP contribution is 2.34. The lowest BCUT2D eigenvalue weighted by molar-refractivity contribution is -0.141. The number of hydrogen-bond donors (Lipinski definition) is 1. The molecule has 3 rings (SSSR count). The Bertz CT molecular complexity index is 1560. The van der Waals surface area contributed by atoms with Gasteiger partial charge in [-0.3, -0.25) is 4.79 Å². The molecule has 216 valence electrons. The maximum absolute atomic E-state index is 15.3. The molecule has 2 aromatic carbocycles. The second-order valence-corrected chi connectivity index (χ2v) is 11.1. The van der Waals surface area contributed by atoms with Gasteiger partial charge in [0.05, 0.1) is 17.5 Å². The van der Waals surface area contributed by atoms with Gasteiger partial charge < -0.3 is 5.32 Å². The van der Waals surface area contributed by atoms with Crippen molar-refractivity contribution in [3.63, 3.8) is 0 Å². The van der Waals surface area contributed by atoms with E-state index in [1.807, 2.05) is 6.92 Å². The predicted octanol–water partition coefficient (Wildman–Crippen LogP) is 6.38. The van der Waals surface area contributed by atoms with E-state index in [1.54, 1.807) is 18.2 Å². The van der Waals surface area contributed by atoms with E-state index in [4.69, 9.17) is 6.42 Å². The molecule has 1 N–H and O–H groups in total. The third-order valence-electron chi connectivity index (χ3n) is 6.00. The van der Waals surface area contributed by atoms with Crippen molar-refractivity contribution >= 4 is 33.4 Å². The molecule has 3 aromatic rings. The van der Waals surface area contributed by atoms with E-state index in [9.17, 15) is 26.4 Å². The van der Waals surface area contributed by atoms with Crippen LogP contribution in [0.5, 0.6) is 0 Å². The number of carbonyl (C=O) groups is 1. The zero-order chi connectivity index (χ0) is 30.2. The van der Waals surface area contributed by atoms with E-state index in [0.29, 0.717) is 18.4 Å². The number of nitrogens with zero attached hydrogens (tertiary/aromatic N) is 2. The number of unbranched alkanes of at least 4 members (excludes halogenated alkanes) is 2. The third kappa shape index (κ3) is 8.41. The summed E-state index contributed by atoms with van der Waals surface area (Å²) in [6.07, 6.45) is 7.16. The molecule has 0 fully saturated rings. The molecule has 1 aromatic heterocycles. The van der Waals surface area contributed by atoms with Crippen LogP contribution in [0.3, 0.4) is 0 Å². The van der Waals surface area contributed by atoms with Crippen LogP contribution in [-0.2, 0) is 34.0 Å². The Morgan fingerprint density at radius 2 is 1.83 bits per heavy atom. The van der Waals surface area contributed by atoms with E-state index in [2.05, 4.69) is 16.2 Å². The summed E-state index contributed by atoms with van der Waals surface area (Å²) in [6.45, 7) is 1.83. The number of terminal acetylenes is 1. The molecule has 0 unspecified atom stereocenters. The SMILES string of the molecule is C#Cc1cc(CNC(=O)/C=C\c2ccc(C(F)(F)F)nc2CCCCC)cc(F)c1N(c1ccccc1)S(C)(=O)=O. The fourth-order valence-electron chi connectivity index (χ4n) is 4.10. The van der Waals surface area contributed by atoms with Crippen molar-refractivity contribution in [1.82, 2.24) is 10.3 Å². The van der Waals surface area contributed by atoms with Crippen molar-refractivity contribution in [1.29, 1.82) is 0 Å². The summed E-state index contributed by atoms with van der Waals surface area (Å²) in [6, 6.07) is 12.5. The minimum absolute atomic E-state index is 0.0355. The van der Waals surface area contributed by atoms with Gasteiger partial charge in [-0.05, 0) is 60.4 Å². The van der Waals surface area contributed by atoms with E-state index in [-0.39, 0.29) is 34.7 Å². The highest BCUT2D eigenvalue weighted by Gasteiger charge is 2.33. The number of para-hydroxylation sites is 1. The average molecular weight is 588 g/mol. The molecule has 0 saturated carbocycles. The molecule has 1 amide bonds. The number of hydrogen-bond acceptors (Lipinski definition) is 4. The van der Waals surface area contributed by atoms with Gasteiger partial charge in [0.25, 0.3) is 0 Å². The number of rotatable bonds is 11. The molecule has 0 saturated heterocycles. The fourth-order valence-corrected chi connectivity index (χ4v) is 5.12. The highest BCUT2D eigenvalue weighted by molar-refractivity contribution is 7.92. The number of halogens is 4. The number of amides is 1. The Morgan fingerprint density at radius 1 is 1.12 bits per heavy atom. The molecule has 0 aliphatic rings. The topological polar surface area (TPSA) is 79.4 Å². The van der Waals surface area contributed by atoms with Crippen LogP contribution in [0, 0.1) is 18.2 Å². The largest absolute Gasteiger partial charge is 0.433 e. The Hall–Kier alpha value is -4.17. The number of nitrogens with one attached hydrogen (secondary N) is 1. The number of pyridine rings is 1. The Labute approximate surface area is 237 Å². The van der Waals surface area contributed by atoms with Gasteiger partial charge in [0.2, 0.25) is 15.9 Å². The van der Waals surface area contributed by atoms with Crippen LogP contribution in [0.1, 0.15) is 54.3 Å². The van der Waals surface area contributed by atoms with Crippen molar-refractivity contribution in [2.24, 2.45) is 0 Å². The number of sulfonamides is 1. The predicted molar refractivity (Wildman–Crippen MR) is 151 cm³/mol. The van der Waals surface area contributed by atoms with Gasteiger partial charge in [0, 0.05) is 18.3 Å². The number of aromatic nitrogens is 1. The quantitative estimate of drug-likeness (QED) is 0.122. The monoisotopic (exact) mass is 587 g/mol. The summed E-state index contributed by atoms with van der Waals surface area (Å²) in [5.41, 5.74) is -0.254. The summed E-state index contributed by atoms with van der Waals surface area (Å²) < 4.78 is 80.7. The first-order valence-electron chi connectivity index (χ1n) is 12.7. The minimum atomic E-state index is -4.58. The smallest absolute Gasteiger partial charge is 0.348 e. The number of benzene rings is 2. The van der Waals surface area contributed by atoms with Gasteiger partial charge in [0.15, 0.2) is 0 Å². The van der Waals surface area contributed by atoms with Crippen molar-refractivity contribution in [3.05, 3.63) is 94.6 Å². The van der Waals surface area contributed by atoms with Crippen molar-refractivity contribution in [2.75, 3.05) is 10.6 Å². The standard InChI is InChI=1S/C30H29F4N3O3S/c1-4-6-8-13-26-23(14-16-27(36-26)30(32,33)34)15-17-28(38)35-20-21-18-22(5-2)29(25(31)19-21)37(41(3,39)40)24-11-9-7-10-12-24/h2,7,9-12,14-19H,4,6,8,13,20H2,1,3H3,(H,35,38)/b17-15-. The molecule has 41 heavy (non-hydrogen) atoms. The molecular weight excluding hydrogens is 558 g/mol. The normalized spacial score (nSPS) is 11.8. The average Bonchev–Trinajstić information content (AvgIpc) is 2.91. The summed E-state index contributed by atoms with van der Waals surface area (Å²) in [7, 11) is -3.97. The van der Waals surface area contributed by atoms with E-state index in [0.717, 1.165) is 41.6 Å². The van der Waals surface area contributed by atoms with Crippen LogP contribution in [0.2, 0.25) is 0 Å². The molecule has 6 nitrogen and oxygen atoms in total. The molecule has 0 bridgehead atoms. The van der Waals surface area contributed by atoms with Gasteiger partial charge in [0.1, 0.15) is 17.2 Å². The number of aryl methyl sites for hydroxylation is 1. The number of anilines is 2. The molecule has 0 aliphatic carbocycles. The van der Waals surface area contributed by atoms with E-state index >= 15 is 4.39 Å². The third-order valence-corrected chi connectivity index (χ3v) is 7.06. The second kappa shape index (κ2) is 13.5. The molecule has 11 heteroatoms. The first-order valence-corrected chi connectivity index (χ1v) is 14.6. The van der Waals surface area contributed by atoms with Gasteiger partial charge in [-0.2, -0.15) is 13.2 Å². The molecule has 0 spiro atoms. The maximum atomic E-state index is 15.3. The Kier molecular flexibility index (Phi) is 10.3. The molecular formula is C30H29F4N3O3S. The van der Waals surface area contributed by atoms with Crippen LogP contribution in [0.15, 0.2) is 60.7 Å². The zero-order valence-corrected chi connectivity index (χ0v) is 23.3.